The summed E-state index contributed by atoms with van der Waals surface area (Å²) in [7, 11) is 1.58. The number of methoxy groups -OCH3 is 1. The van der Waals surface area contributed by atoms with E-state index in [4.69, 9.17) is 12.0 Å². The Kier molecular flexibility index (Phi) is 4.11. The number of aryl methyl sites for hydroxylation is 2. The van der Waals surface area contributed by atoms with Crippen LogP contribution in [0.15, 0.2) is 40.9 Å². The monoisotopic (exact) mass is 380 g/mol. The van der Waals surface area contributed by atoms with Crippen LogP contribution in [-0.4, -0.2) is 36.2 Å². The predicted molar refractivity (Wildman–Crippen MR) is 107 cm³/mol. The number of anilines is 2. The second-order valence-corrected chi connectivity index (χ2v) is 6.59. The van der Waals surface area contributed by atoms with Gasteiger partial charge in [-0.1, -0.05) is 17.3 Å². The van der Waals surface area contributed by atoms with E-state index in [1.54, 1.807) is 26.2 Å². The number of nitrogens with one attached hydrogen (secondary N) is 1. The van der Waals surface area contributed by atoms with Gasteiger partial charge in [-0.25, -0.2) is 0 Å². The smallest absolute Gasteiger partial charge is 0.257 e. The molecule has 0 saturated heterocycles. The van der Waals surface area contributed by atoms with Gasteiger partial charge in [-0.15, -0.1) is 0 Å². The lowest BCUT2D eigenvalue weighted by Gasteiger charge is -2.19. The van der Waals surface area contributed by atoms with Gasteiger partial charge < -0.3 is 19.5 Å². The topological polar surface area (TPSA) is 80.5 Å². The van der Waals surface area contributed by atoms with Gasteiger partial charge in [0, 0.05) is 23.4 Å². The van der Waals surface area contributed by atoms with Crippen LogP contribution in [0.3, 0.4) is 0 Å². The molecule has 0 atom stereocenters. The van der Waals surface area contributed by atoms with E-state index in [0.29, 0.717) is 47.4 Å². The summed E-state index contributed by atoms with van der Waals surface area (Å²) >= 11 is 0. The highest BCUT2D eigenvalue weighted by Gasteiger charge is 2.26. The maximum atomic E-state index is 13.1. The quantitative estimate of drug-likeness (QED) is 0.731. The highest BCUT2D eigenvalue weighted by molar-refractivity contribution is 5.98. The number of aromatic nitrogens is 2. The first kappa shape index (κ1) is 15.7. The molecule has 28 heavy (non-hydrogen) atoms. The van der Waals surface area contributed by atoms with Crippen molar-refractivity contribution in [3.8, 4) is 17.2 Å². The van der Waals surface area contributed by atoms with Gasteiger partial charge in [0.05, 0.1) is 22.0 Å². The van der Waals surface area contributed by atoms with Gasteiger partial charge in [-0.2, -0.15) is 4.98 Å². The van der Waals surface area contributed by atoms with Crippen LogP contribution in [0.2, 0.25) is 0 Å². The van der Waals surface area contributed by atoms with Gasteiger partial charge in [0.2, 0.25) is 5.91 Å². The van der Waals surface area contributed by atoms with Gasteiger partial charge >= 0.3 is 0 Å². The van der Waals surface area contributed by atoms with Crippen molar-refractivity contribution in [2.75, 3.05) is 30.4 Å². The van der Waals surface area contributed by atoms with Crippen molar-refractivity contribution in [3.63, 3.8) is 0 Å². The molecule has 3 aromatic rings. The minimum Gasteiger partial charge on any atom is -0.496 e. The number of carbonyl (C=O) groups is 1. The zero-order valence-corrected chi connectivity index (χ0v) is 15.9. The van der Waals surface area contributed by atoms with E-state index in [9.17, 15) is 4.79 Å². The largest absolute Gasteiger partial charge is 0.496 e. The molecule has 2 heterocycles. The Bertz CT molecular complexity index is 1110. The molecular formula is C21H22N4O3. The molecule has 0 unspecified atom stereocenters. The summed E-state index contributed by atoms with van der Waals surface area (Å²) in [6, 6.07) is 10.8. The average Bonchev–Trinajstić information content (AvgIpc) is 3.35. The number of nitrogens with zero attached hydrogens (tertiary/aromatic N) is 3. The van der Waals surface area contributed by atoms with Crippen molar-refractivity contribution in [3.05, 3.63) is 53.3 Å². The van der Waals surface area contributed by atoms with E-state index >= 15 is 0 Å². The zero-order valence-electron chi connectivity index (χ0n) is 17.9. The van der Waals surface area contributed by atoms with Crippen LogP contribution in [0.5, 0.6) is 5.75 Å². The van der Waals surface area contributed by atoms with Crippen LogP contribution in [-0.2, 0) is 11.2 Å². The summed E-state index contributed by atoms with van der Waals surface area (Å²) in [5.41, 5.74) is 3.50. The number of fused-ring (bicyclic) bond motifs is 1. The maximum absolute atomic E-state index is 13.1. The standard InChI is InChI=1S/C21H22N4O3/c1-13-7-8-15(21-23-14(2)24-28-21)11-17(13)22-12-20(26)25-10-9-16-18(25)5-4-6-19(16)27-3/h4-8,11,22H,9-10,12H2,1-3H3/i12D2. The molecule has 1 amide bonds. The Balaban J connectivity index is 1.60. The summed E-state index contributed by atoms with van der Waals surface area (Å²) < 4.78 is 27.4. The fourth-order valence-corrected chi connectivity index (χ4v) is 3.30. The third kappa shape index (κ3) is 3.31. The van der Waals surface area contributed by atoms with Crippen molar-refractivity contribution < 1.29 is 16.8 Å². The van der Waals surface area contributed by atoms with Gasteiger partial charge in [-0.05, 0) is 50.1 Å². The second kappa shape index (κ2) is 7.34. The van der Waals surface area contributed by atoms with Crippen LogP contribution in [0.4, 0.5) is 11.4 Å². The first-order chi connectivity index (χ1) is 14.3. The molecule has 1 aromatic heterocycles. The minimum absolute atomic E-state index is 0.336. The fourth-order valence-electron chi connectivity index (χ4n) is 3.30. The fraction of sp³-hybridized carbons (Fsp3) is 0.286. The zero-order chi connectivity index (χ0) is 21.5. The second-order valence-electron chi connectivity index (χ2n) is 6.59. The summed E-state index contributed by atoms with van der Waals surface area (Å²) in [5.74, 6) is 0.888. The summed E-state index contributed by atoms with van der Waals surface area (Å²) in [6.45, 7) is 1.64. The SMILES string of the molecule is [2H]C([2H])(Nc1cc(-c2nc(C)no2)ccc1C)C(=O)N1CCc2c(OC)cccc21. The van der Waals surface area contributed by atoms with Gasteiger partial charge in [0.25, 0.3) is 5.89 Å². The molecule has 0 radical (unpaired) electrons. The molecule has 0 spiro atoms. The lowest BCUT2D eigenvalue weighted by atomic mass is 10.1. The summed E-state index contributed by atoms with van der Waals surface area (Å²) in [4.78, 5) is 18.8. The number of hydrogen-bond donors (Lipinski definition) is 1. The Morgan fingerprint density at radius 2 is 2.21 bits per heavy atom. The van der Waals surface area contributed by atoms with E-state index in [1.165, 1.54) is 4.90 Å². The molecule has 4 rings (SSSR count). The predicted octanol–water partition coefficient (Wildman–Crippen LogP) is 3.36. The van der Waals surface area contributed by atoms with E-state index in [1.807, 2.05) is 31.2 Å². The summed E-state index contributed by atoms with van der Waals surface area (Å²) in [6.07, 6.45) is 0.617. The van der Waals surface area contributed by atoms with Gasteiger partial charge in [0.15, 0.2) is 5.82 Å². The molecule has 1 N–H and O–H groups in total. The first-order valence-electron chi connectivity index (χ1n) is 9.97. The van der Waals surface area contributed by atoms with E-state index in [2.05, 4.69) is 15.5 Å². The molecule has 0 aliphatic carbocycles. The number of hydrogen-bond acceptors (Lipinski definition) is 6. The highest BCUT2D eigenvalue weighted by atomic mass is 16.5. The Hall–Kier alpha value is -3.35. The number of benzene rings is 2. The maximum Gasteiger partial charge on any atom is 0.257 e. The molecule has 144 valence electrons. The number of ether oxygens (including phenoxy) is 1. The number of rotatable bonds is 5. The Labute approximate surface area is 166 Å². The normalized spacial score (nSPS) is 14.3. The average molecular weight is 380 g/mol. The number of amides is 1. The molecule has 0 saturated carbocycles. The van der Waals surface area contributed by atoms with Crippen molar-refractivity contribution in [1.29, 1.82) is 0 Å². The van der Waals surface area contributed by atoms with Crippen molar-refractivity contribution in [2.45, 2.75) is 20.3 Å². The molecule has 0 bridgehead atoms. The highest BCUT2D eigenvalue weighted by Crippen LogP contribution is 2.35. The molecule has 7 nitrogen and oxygen atoms in total. The van der Waals surface area contributed by atoms with Crippen LogP contribution in [0, 0.1) is 13.8 Å². The molecule has 2 aromatic carbocycles. The van der Waals surface area contributed by atoms with Crippen LogP contribution in [0.25, 0.3) is 11.5 Å². The van der Waals surface area contributed by atoms with Crippen molar-refractivity contribution >= 4 is 17.3 Å². The molecule has 1 aliphatic heterocycles. The lowest BCUT2D eigenvalue weighted by Crippen LogP contribution is -2.34. The lowest BCUT2D eigenvalue weighted by molar-refractivity contribution is -0.116. The molecule has 1 aliphatic rings. The van der Waals surface area contributed by atoms with E-state index in [-0.39, 0.29) is 0 Å². The van der Waals surface area contributed by atoms with Crippen LogP contribution < -0.4 is 15.0 Å². The number of carbonyl (C=O) groups excluding carboxylic acids is 1. The third-order valence-corrected chi connectivity index (χ3v) is 4.77. The first-order valence-corrected chi connectivity index (χ1v) is 8.97. The van der Waals surface area contributed by atoms with E-state index < -0.39 is 12.4 Å². The Morgan fingerprint density at radius 1 is 1.36 bits per heavy atom. The molecule has 7 heteroatoms. The minimum atomic E-state index is -2.32. The van der Waals surface area contributed by atoms with E-state index in [0.717, 1.165) is 11.1 Å². The van der Waals surface area contributed by atoms with Gasteiger partial charge in [-0.3, -0.25) is 4.79 Å². The third-order valence-electron chi connectivity index (χ3n) is 4.77. The molecule has 0 fully saturated rings. The van der Waals surface area contributed by atoms with Gasteiger partial charge in [0.1, 0.15) is 5.75 Å². The van der Waals surface area contributed by atoms with Crippen molar-refractivity contribution in [2.24, 2.45) is 0 Å². The van der Waals surface area contributed by atoms with Crippen LogP contribution >= 0.6 is 0 Å². The van der Waals surface area contributed by atoms with Crippen molar-refractivity contribution in [1.82, 2.24) is 10.1 Å². The van der Waals surface area contributed by atoms with Crippen LogP contribution in [0.1, 0.15) is 19.7 Å². The summed E-state index contributed by atoms with van der Waals surface area (Å²) in [5, 5.41) is 6.54. The Morgan fingerprint density at radius 3 is 2.96 bits per heavy atom. The molecular weight excluding hydrogens is 356 g/mol.